The number of benzene rings is 1. The van der Waals surface area contributed by atoms with Crippen LogP contribution in [0, 0.1) is 0 Å². The van der Waals surface area contributed by atoms with E-state index in [4.69, 9.17) is 5.73 Å². The lowest BCUT2D eigenvalue weighted by atomic mass is 10.00. The number of nitrogen functional groups attached to an aromatic ring is 1. The summed E-state index contributed by atoms with van der Waals surface area (Å²) in [6.07, 6.45) is 2.31. The Morgan fingerprint density at radius 2 is 2.36 bits per heavy atom. The van der Waals surface area contributed by atoms with E-state index >= 15 is 0 Å². The van der Waals surface area contributed by atoms with Gasteiger partial charge in [-0.2, -0.15) is 0 Å². The molecule has 0 aromatic heterocycles. The summed E-state index contributed by atoms with van der Waals surface area (Å²) in [5, 5.41) is 3.37. The van der Waals surface area contributed by atoms with Crippen molar-refractivity contribution in [2.75, 3.05) is 17.6 Å². The highest BCUT2D eigenvalue weighted by Crippen LogP contribution is 2.27. The molecule has 0 bridgehead atoms. The van der Waals surface area contributed by atoms with Crippen LogP contribution in [-0.2, 0) is 13.0 Å². The molecule has 0 unspecified atom stereocenters. The normalized spacial score (nSPS) is 14.3. The molecule has 1 aliphatic heterocycles. The van der Waals surface area contributed by atoms with Crippen molar-refractivity contribution in [2.45, 2.75) is 19.4 Å². The van der Waals surface area contributed by atoms with Crippen molar-refractivity contribution in [1.29, 1.82) is 0 Å². The zero-order chi connectivity index (χ0) is 9.97. The first-order valence-corrected chi connectivity index (χ1v) is 4.89. The van der Waals surface area contributed by atoms with Gasteiger partial charge in [-0.15, -0.1) is 0 Å². The Bertz CT molecular complexity index is 358. The third-order valence-corrected chi connectivity index (χ3v) is 2.59. The summed E-state index contributed by atoms with van der Waals surface area (Å²) < 4.78 is 0. The Labute approximate surface area is 84.0 Å². The largest absolute Gasteiger partial charge is 0.398 e. The molecule has 1 heterocycles. The zero-order valence-corrected chi connectivity index (χ0v) is 8.21. The van der Waals surface area contributed by atoms with E-state index in [9.17, 15) is 0 Å². The molecule has 0 atom stereocenters. The highest BCUT2D eigenvalue weighted by molar-refractivity contribution is 5.63. The van der Waals surface area contributed by atoms with Crippen molar-refractivity contribution < 1.29 is 0 Å². The molecular formula is C11H15N3. The van der Waals surface area contributed by atoms with E-state index in [-0.39, 0.29) is 0 Å². The number of fused-ring (bicyclic) bond motifs is 1. The average molecular weight is 189 g/mol. The molecule has 3 heteroatoms. The van der Waals surface area contributed by atoms with Crippen molar-refractivity contribution in [1.82, 2.24) is 0 Å². The van der Waals surface area contributed by atoms with Crippen LogP contribution < -0.4 is 11.1 Å². The van der Waals surface area contributed by atoms with E-state index in [2.05, 4.69) is 29.2 Å². The van der Waals surface area contributed by atoms with Crippen molar-refractivity contribution in [3.05, 3.63) is 23.3 Å². The fourth-order valence-corrected chi connectivity index (χ4v) is 1.84. The predicted octanol–water partition coefficient (Wildman–Crippen LogP) is 1.83. The van der Waals surface area contributed by atoms with Crippen LogP contribution in [0.2, 0.25) is 0 Å². The lowest BCUT2D eigenvalue weighted by Crippen LogP contribution is -2.12. The van der Waals surface area contributed by atoms with Gasteiger partial charge in [-0.05, 0) is 42.8 Å². The minimum absolute atomic E-state index is 0.598. The van der Waals surface area contributed by atoms with Crippen molar-refractivity contribution >= 4 is 18.1 Å². The first-order valence-electron chi connectivity index (χ1n) is 4.89. The molecule has 0 amide bonds. The van der Waals surface area contributed by atoms with Gasteiger partial charge in [0.05, 0.1) is 6.54 Å². The molecule has 3 nitrogen and oxygen atoms in total. The van der Waals surface area contributed by atoms with Gasteiger partial charge in [0.15, 0.2) is 0 Å². The van der Waals surface area contributed by atoms with Crippen molar-refractivity contribution in [2.24, 2.45) is 4.99 Å². The van der Waals surface area contributed by atoms with E-state index in [1.165, 1.54) is 17.7 Å². The number of nitrogens with zero attached hydrogens (tertiary/aromatic N) is 1. The Morgan fingerprint density at radius 3 is 3.14 bits per heavy atom. The molecule has 14 heavy (non-hydrogen) atoms. The summed E-state index contributed by atoms with van der Waals surface area (Å²) in [7, 11) is 0. The molecule has 1 aliphatic rings. The Morgan fingerprint density at radius 1 is 1.50 bits per heavy atom. The third-order valence-electron chi connectivity index (χ3n) is 2.59. The zero-order valence-electron chi connectivity index (χ0n) is 8.21. The lowest BCUT2D eigenvalue weighted by molar-refractivity contribution is 0.829. The average Bonchev–Trinajstić information content (AvgIpc) is 2.19. The minimum atomic E-state index is 0.598. The fraction of sp³-hybridized carbons (Fsp3) is 0.364. The number of anilines is 2. The van der Waals surface area contributed by atoms with Crippen LogP contribution in [0.25, 0.3) is 0 Å². The van der Waals surface area contributed by atoms with Crippen LogP contribution in [0.15, 0.2) is 17.1 Å². The number of nitrogens with one attached hydrogen (secondary N) is 1. The number of hydrogen-bond donors (Lipinski definition) is 2. The van der Waals surface area contributed by atoms with Gasteiger partial charge >= 0.3 is 0 Å². The molecule has 0 fully saturated rings. The molecule has 0 saturated heterocycles. The van der Waals surface area contributed by atoms with Gasteiger partial charge in [-0.1, -0.05) is 0 Å². The van der Waals surface area contributed by atoms with Crippen LogP contribution in [0.5, 0.6) is 0 Å². The minimum Gasteiger partial charge on any atom is -0.398 e. The maximum Gasteiger partial charge on any atom is 0.0653 e. The number of aliphatic imine (C=N–C) groups is 1. The van der Waals surface area contributed by atoms with Gasteiger partial charge in [-0.25, -0.2) is 0 Å². The Kier molecular flexibility index (Phi) is 2.39. The molecule has 0 spiro atoms. The number of aryl methyl sites for hydroxylation is 1. The Hall–Kier alpha value is -1.51. The van der Waals surface area contributed by atoms with Crippen LogP contribution >= 0.6 is 0 Å². The monoisotopic (exact) mass is 189 g/mol. The number of nitrogens with two attached hydrogens (primary N) is 1. The Balaban J connectivity index is 2.40. The third kappa shape index (κ3) is 1.58. The highest BCUT2D eigenvalue weighted by atomic mass is 14.9. The highest BCUT2D eigenvalue weighted by Gasteiger charge is 2.10. The van der Waals surface area contributed by atoms with Crippen LogP contribution in [0.3, 0.4) is 0 Å². The molecule has 3 N–H and O–H groups in total. The smallest absolute Gasteiger partial charge is 0.0653 e. The molecule has 74 valence electrons. The first kappa shape index (κ1) is 9.06. The fourth-order valence-electron chi connectivity index (χ4n) is 1.84. The molecule has 0 saturated carbocycles. The van der Waals surface area contributed by atoms with E-state index in [1.54, 1.807) is 0 Å². The van der Waals surface area contributed by atoms with Crippen LogP contribution in [0.4, 0.5) is 11.4 Å². The van der Waals surface area contributed by atoms with Gasteiger partial charge < -0.3 is 11.1 Å². The van der Waals surface area contributed by atoms with Gasteiger partial charge in [0, 0.05) is 17.9 Å². The SMILES string of the molecule is C=NCc1cc2c(cc1N)CCCN2. The lowest BCUT2D eigenvalue weighted by Gasteiger charge is -2.19. The van der Waals surface area contributed by atoms with E-state index in [1.807, 2.05) is 0 Å². The molecule has 0 radical (unpaired) electrons. The number of hydrogen-bond acceptors (Lipinski definition) is 3. The molecular weight excluding hydrogens is 174 g/mol. The summed E-state index contributed by atoms with van der Waals surface area (Å²) in [6, 6.07) is 4.15. The topological polar surface area (TPSA) is 50.4 Å². The molecule has 1 aromatic carbocycles. The molecule has 0 aliphatic carbocycles. The van der Waals surface area contributed by atoms with E-state index < -0.39 is 0 Å². The predicted molar refractivity (Wildman–Crippen MR) is 60.9 cm³/mol. The van der Waals surface area contributed by atoms with Crippen molar-refractivity contribution in [3.63, 3.8) is 0 Å². The second kappa shape index (κ2) is 3.70. The van der Waals surface area contributed by atoms with Gasteiger partial charge in [0.25, 0.3) is 0 Å². The second-order valence-corrected chi connectivity index (χ2v) is 3.62. The standard InChI is InChI=1S/C11H15N3/c1-13-7-9-6-11-8(5-10(9)12)3-2-4-14-11/h5-6,14H,1-4,7,12H2. The molecule has 2 rings (SSSR count). The molecule has 1 aromatic rings. The summed E-state index contributed by atoms with van der Waals surface area (Å²) in [5.41, 5.74) is 10.3. The summed E-state index contributed by atoms with van der Waals surface area (Å²) in [6.45, 7) is 5.13. The van der Waals surface area contributed by atoms with Crippen molar-refractivity contribution in [3.8, 4) is 0 Å². The second-order valence-electron chi connectivity index (χ2n) is 3.62. The van der Waals surface area contributed by atoms with E-state index in [0.717, 1.165) is 24.2 Å². The number of rotatable bonds is 2. The maximum atomic E-state index is 5.92. The quantitative estimate of drug-likeness (QED) is 0.551. The van der Waals surface area contributed by atoms with Crippen LogP contribution in [-0.4, -0.2) is 13.3 Å². The maximum absolute atomic E-state index is 5.92. The summed E-state index contributed by atoms with van der Waals surface area (Å²) in [5.74, 6) is 0. The summed E-state index contributed by atoms with van der Waals surface area (Å²) in [4.78, 5) is 3.86. The van der Waals surface area contributed by atoms with Gasteiger partial charge in [0.2, 0.25) is 0 Å². The van der Waals surface area contributed by atoms with Crippen LogP contribution in [0.1, 0.15) is 17.5 Å². The van der Waals surface area contributed by atoms with E-state index in [0.29, 0.717) is 6.54 Å². The van der Waals surface area contributed by atoms with Gasteiger partial charge in [0.1, 0.15) is 0 Å². The van der Waals surface area contributed by atoms with Gasteiger partial charge in [-0.3, -0.25) is 4.99 Å². The summed E-state index contributed by atoms with van der Waals surface area (Å²) >= 11 is 0. The first-order chi connectivity index (χ1) is 6.81.